The number of hydrogen-bond acceptors (Lipinski definition) is 2. The fraction of sp³-hybridized carbons (Fsp3) is 0.765. The van der Waals surface area contributed by atoms with Crippen molar-refractivity contribution in [3.05, 3.63) is 17.5 Å². The SMILES string of the molecule is CCc1cc(CC(=O)C2CCC(C(C)C)CC2)n(C)n1. The van der Waals surface area contributed by atoms with Crippen LogP contribution in [0, 0.1) is 17.8 Å². The van der Waals surface area contributed by atoms with Gasteiger partial charge in [0.2, 0.25) is 0 Å². The van der Waals surface area contributed by atoms with Crippen molar-refractivity contribution in [2.24, 2.45) is 24.8 Å². The molecule has 0 aliphatic heterocycles. The summed E-state index contributed by atoms with van der Waals surface area (Å²) in [6, 6.07) is 2.08. The number of nitrogens with zero attached hydrogens (tertiary/aromatic N) is 2. The minimum Gasteiger partial charge on any atom is -0.299 e. The molecule has 0 aromatic carbocycles. The predicted octanol–water partition coefficient (Wildman–Crippen LogP) is 3.56. The Labute approximate surface area is 122 Å². The lowest BCUT2D eigenvalue weighted by Crippen LogP contribution is -2.25. The van der Waals surface area contributed by atoms with Gasteiger partial charge in [-0.05, 0) is 50.0 Å². The minimum atomic E-state index is 0.282. The van der Waals surface area contributed by atoms with Gasteiger partial charge in [-0.1, -0.05) is 20.8 Å². The lowest BCUT2D eigenvalue weighted by Gasteiger charge is -2.30. The predicted molar refractivity (Wildman–Crippen MR) is 81.6 cm³/mol. The zero-order valence-corrected chi connectivity index (χ0v) is 13.4. The second-order valence-electron chi connectivity index (χ2n) is 6.60. The molecule has 0 N–H and O–H groups in total. The summed E-state index contributed by atoms with van der Waals surface area (Å²) in [6.45, 7) is 6.70. The Balaban J connectivity index is 1.91. The van der Waals surface area contributed by atoms with Crippen molar-refractivity contribution in [3.8, 4) is 0 Å². The highest BCUT2D eigenvalue weighted by molar-refractivity contribution is 5.83. The topological polar surface area (TPSA) is 34.9 Å². The highest BCUT2D eigenvalue weighted by atomic mass is 16.1. The smallest absolute Gasteiger partial charge is 0.141 e. The molecule has 1 fully saturated rings. The second-order valence-corrected chi connectivity index (χ2v) is 6.60. The average molecular weight is 276 g/mol. The van der Waals surface area contributed by atoms with Gasteiger partial charge in [-0.15, -0.1) is 0 Å². The maximum absolute atomic E-state index is 12.5. The first-order chi connectivity index (χ1) is 9.51. The summed E-state index contributed by atoms with van der Waals surface area (Å²) >= 11 is 0. The molecule has 0 saturated heterocycles. The Morgan fingerprint density at radius 1 is 1.35 bits per heavy atom. The van der Waals surface area contributed by atoms with Crippen LogP contribution < -0.4 is 0 Å². The molecule has 1 heterocycles. The highest BCUT2D eigenvalue weighted by Crippen LogP contribution is 2.34. The zero-order chi connectivity index (χ0) is 14.7. The second kappa shape index (κ2) is 6.55. The van der Waals surface area contributed by atoms with Gasteiger partial charge in [0.25, 0.3) is 0 Å². The van der Waals surface area contributed by atoms with E-state index in [1.807, 2.05) is 11.7 Å². The third-order valence-electron chi connectivity index (χ3n) is 4.91. The summed E-state index contributed by atoms with van der Waals surface area (Å²) in [7, 11) is 1.94. The van der Waals surface area contributed by atoms with Gasteiger partial charge in [-0.3, -0.25) is 9.48 Å². The van der Waals surface area contributed by atoms with E-state index >= 15 is 0 Å². The monoisotopic (exact) mass is 276 g/mol. The zero-order valence-electron chi connectivity index (χ0n) is 13.4. The summed E-state index contributed by atoms with van der Waals surface area (Å²) in [5.41, 5.74) is 2.15. The fourth-order valence-electron chi connectivity index (χ4n) is 3.34. The summed E-state index contributed by atoms with van der Waals surface area (Å²) in [6.07, 6.45) is 6.10. The largest absolute Gasteiger partial charge is 0.299 e. The Morgan fingerprint density at radius 2 is 2.00 bits per heavy atom. The van der Waals surface area contributed by atoms with Gasteiger partial charge in [0.15, 0.2) is 0 Å². The van der Waals surface area contributed by atoms with Crippen molar-refractivity contribution < 1.29 is 4.79 Å². The third-order valence-corrected chi connectivity index (χ3v) is 4.91. The van der Waals surface area contributed by atoms with Crippen LogP contribution in [0.4, 0.5) is 0 Å². The molecule has 2 rings (SSSR count). The molecular formula is C17H28N2O. The van der Waals surface area contributed by atoms with Crippen molar-refractivity contribution in [1.29, 1.82) is 0 Å². The van der Waals surface area contributed by atoms with Gasteiger partial charge in [0, 0.05) is 25.1 Å². The van der Waals surface area contributed by atoms with E-state index in [0.717, 1.165) is 42.5 Å². The van der Waals surface area contributed by atoms with Crippen LogP contribution in [0.3, 0.4) is 0 Å². The van der Waals surface area contributed by atoms with E-state index in [1.54, 1.807) is 0 Å². The first kappa shape index (κ1) is 15.3. The van der Waals surface area contributed by atoms with Crippen LogP contribution in [0.1, 0.15) is 57.8 Å². The molecule has 0 spiro atoms. The van der Waals surface area contributed by atoms with Gasteiger partial charge in [-0.2, -0.15) is 5.10 Å². The number of ketones is 1. The Kier molecular flexibility index (Phi) is 5.00. The van der Waals surface area contributed by atoms with Gasteiger partial charge < -0.3 is 0 Å². The summed E-state index contributed by atoms with van der Waals surface area (Å²) in [5, 5.41) is 4.43. The molecule has 20 heavy (non-hydrogen) atoms. The number of aromatic nitrogens is 2. The van der Waals surface area contributed by atoms with Crippen molar-refractivity contribution in [2.75, 3.05) is 0 Å². The van der Waals surface area contributed by atoms with Crippen LogP contribution >= 0.6 is 0 Å². The molecule has 0 radical (unpaired) electrons. The lowest BCUT2D eigenvalue weighted by atomic mass is 9.75. The van der Waals surface area contributed by atoms with Gasteiger partial charge in [-0.25, -0.2) is 0 Å². The molecule has 1 saturated carbocycles. The lowest BCUT2D eigenvalue weighted by molar-refractivity contribution is -0.123. The molecule has 112 valence electrons. The van der Waals surface area contributed by atoms with Crippen LogP contribution in [0.2, 0.25) is 0 Å². The molecule has 3 nitrogen and oxygen atoms in total. The highest BCUT2D eigenvalue weighted by Gasteiger charge is 2.27. The summed E-state index contributed by atoms with van der Waals surface area (Å²) in [5.74, 6) is 2.28. The average Bonchev–Trinajstić information content (AvgIpc) is 2.79. The van der Waals surface area contributed by atoms with E-state index in [0.29, 0.717) is 12.2 Å². The molecular weight excluding hydrogens is 248 g/mol. The van der Waals surface area contributed by atoms with Crippen LogP contribution in [0.25, 0.3) is 0 Å². The number of aryl methyl sites for hydroxylation is 2. The van der Waals surface area contributed by atoms with E-state index in [1.165, 1.54) is 12.8 Å². The van der Waals surface area contributed by atoms with E-state index in [2.05, 4.69) is 31.9 Å². The van der Waals surface area contributed by atoms with Crippen molar-refractivity contribution >= 4 is 5.78 Å². The Hall–Kier alpha value is -1.12. The molecule has 1 aromatic heterocycles. The number of carbonyl (C=O) groups is 1. The van der Waals surface area contributed by atoms with E-state index in [-0.39, 0.29) is 5.92 Å². The number of Topliss-reactive ketones (excluding diaryl/α,β-unsaturated/α-hetero) is 1. The molecule has 3 heteroatoms. The van der Waals surface area contributed by atoms with Crippen molar-refractivity contribution in [1.82, 2.24) is 9.78 Å². The van der Waals surface area contributed by atoms with Crippen molar-refractivity contribution in [2.45, 2.75) is 59.3 Å². The van der Waals surface area contributed by atoms with E-state index in [4.69, 9.17) is 0 Å². The van der Waals surface area contributed by atoms with E-state index in [9.17, 15) is 4.79 Å². The number of rotatable bonds is 5. The molecule has 1 aliphatic rings. The molecule has 0 bridgehead atoms. The first-order valence-electron chi connectivity index (χ1n) is 8.05. The van der Waals surface area contributed by atoms with Crippen LogP contribution in [-0.4, -0.2) is 15.6 Å². The Bertz CT molecular complexity index is 454. The number of carbonyl (C=O) groups excluding carboxylic acids is 1. The Morgan fingerprint density at radius 3 is 2.50 bits per heavy atom. The maximum Gasteiger partial charge on any atom is 0.141 e. The maximum atomic E-state index is 12.5. The first-order valence-corrected chi connectivity index (χ1v) is 8.05. The molecule has 0 amide bonds. The van der Waals surface area contributed by atoms with E-state index < -0.39 is 0 Å². The van der Waals surface area contributed by atoms with Crippen molar-refractivity contribution in [3.63, 3.8) is 0 Å². The minimum absolute atomic E-state index is 0.282. The molecule has 1 aromatic rings. The third kappa shape index (κ3) is 3.50. The molecule has 1 aliphatic carbocycles. The van der Waals surface area contributed by atoms with Gasteiger partial charge >= 0.3 is 0 Å². The quantitative estimate of drug-likeness (QED) is 0.824. The van der Waals surface area contributed by atoms with Gasteiger partial charge in [0.05, 0.1) is 5.69 Å². The fourth-order valence-corrected chi connectivity index (χ4v) is 3.34. The molecule has 0 atom stereocenters. The summed E-state index contributed by atoms with van der Waals surface area (Å²) in [4.78, 5) is 12.5. The van der Waals surface area contributed by atoms with Crippen LogP contribution in [-0.2, 0) is 24.7 Å². The van der Waals surface area contributed by atoms with Gasteiger partial charge in [0.1, 0.15) is 5.78 Å². The standard InChI is InChI=1S/C17H28N2O/c1-5-15-10-16(19(4)18-15)11-17(20)14-8-6-13(7-9-14)12(2)3/h10,12-14H,5-9,11H2,1-4H3. The normalized spacial score (nSPS) is 23.2. The number of hydrogen-bond donors (Lipinski definition) is 0. The van der Waals surface area contributed by atoms with Crippen LogP contribution in [0.5, 0.6) is 0 Å². The molecule has 0 unspecified atom stereocenters. The van der Waals surface area contributed by atoms with Crippen LogP contribution in [0.15, 0.2) is 6.07 Å². The summed E-state index contributed by atoms with van der Waals surface area (Å²) < 4.78 is 1.87.